The average Bonchev–Trinajstić information content (AvgIpc) is 2.37. The quantitative estimate of drug-likeness (QED) is 0.809. The normalized spacial score (nSPS) is 10.7. The molecule has 0 N–H and O–H groups in total. The van der Waals surface area contributed by atoms with E-state index in [1.807, 2.05) is 12.1 Å². The molecule has 2 nitrogen and oxygen atoms in total. The molecule has 0 aliphatic carbocycles. The summed E-state index contributed by atoms with van der Waals surface area (Å²) in [6, 6.07) is 16.7. The van der Waals surface area contributed by atoms with E-state index in [9.17, 15) is 0 Å². The van der Waals surface area contributed by atoms with Crippen molar-refractivity contribution in [3.8, 4) is 5.75 Å². The first kappa shape index (κ1) is 13.6. The summed E-state index contributed by atoms with van der Waals surface area (Å²) in [5, 5.41) is 0. The fourth-order valence-electron chi connectivity index (χ4n) is 2.02. The minimum absolute atomic E-state index is 0.620. The van der Waals surface area contributed by atoms with Gasteiger partial charge in [-0.1, -0.05) is 42.0 Å². The predicted octanol–water partition coefficient (Wildman–Crippen LogP) is 3.64. The highest BCUT2D eigenvalue weighted by Crippen LogP contribution is 2.15. The van der Waals surface area contributed by atoms with Crippen molar-refractivity contribution in [2.24, 2.45) is 0 Å². The van der Waals surface area contributed by atoms with Crippen LogP contribution in [-0.4, -0.2) is 19.0 Å². The lowest BCUT2D eigenvalue weighted by atomic mass is 10.1. The molecule has 0 fully saturated rings. The van der Waals surface area contributed by atoms with Gasteiger partial charge < -0.3 is 9.64 Å². The Morgan fingerprint density at radius 1 is 0.947 bits per heavy atom. The van der Waals surface area contributed by atoms with Crippen molar-refractivity contribution in [2.75, 3.05) is 14.1 Å². The van der Waals surface area contributed by atoms with Gasteiger partial charge in [0.15, 0.2) is 0 Å². The van der Waals surface area contributed by atoms with Gasteiger partial charge in [0, 0.05) is 6.54 Å². The lowest BCUT2D eigenvalue weighted by Gasteiger charge is -2.11. The molecule has 100 valence electrons. The molecule has 2 rings (SSSR count). The monoisotopic (exact) mass is 255 g/mol. The third-order valence-corrected chi connectivity index (χ3v) is 2.91. The van der Waals surface area contributed by atoms with Crippen molar-refractivity contribution in [3.63, 3.8) is 0 Å². The van der Waals surface area contributed by atoms with Crippen LogP contribution < -0.4 is 4.74 Å². The number of ether oxygens (including phenoxy) is 1. The summed E-state index contributed by atoms with van der Waals surface area (Å²) < 4.78 is 5.79. The summed E-state index contributed by atoms with van der Waals surface area (Å²) >= 11 is 0. The summed E-state index contributed by atoms with van der Waals surface area (Å²) in [4.78, 5) is 2.16. The van der Waals surface area contributed by atoms with Crippen LogP contribution in [0.2, 0.25) is 0 Å². The zero-order chi connectivity index (χ0) is 13.7. The molecule has 0 atom stereocenters. The molecule has 2 aromatic carbocycles. The highest BCUT2D eigenvalue weighted by atomic mass is 16.5. The number of hydrogen-bond acceptors (Lipinski definition) is 2. The summed E-state index contributed by atoms with van der Waals surface area (Å²) in [6.45, 7) is 3.67. The zero-order valence-electron chi connectivity index (χ0n) is 11.9. The Labute approximate surface area is 115 Å². The molecule has 0 saturated carbocycles. The number of aryl methyl sites for hydroxylation is 1. The Bertz CT molecular complexity index is 517. The molecular weight excluding hydrogens is 234 g/mol. The van der Waals surface area contributed by atoms with E-state index in [0.29, 0.717) is 6.61 Å². The van der Waals surface area contributed by atoms with Gasteiger partial charge in [0.2, 0.25) is 0 Å². The van der Waals surface area contributed by atoms with Gasteiger partial charge in [-0.3, -0.25) is 0 Å². The minimum Gasteiger partial charge on any atom is -0.489 e. The maximum atomic E-state index is 5.79. The molecule has 2 aromatic rings. The van der Waals surface area contributed by atoms with Crippen molar-refractivity contribution in [2.45, 2.75) is 20.1 Å². The maximum absolute atomic E-state index is 5.79. The van der Waals surface area contributed by atoms with E-state index in [-0.39, 0.29) is 0 Å². The molecule has 0 aliphatic heterocycles. The third-order valence-electron chi connectivity index (χ3n) is 2.91. The fourth-order valence-corrected chi connectivity index (χ4v) is 2.02. The molecule has 19 heavy (non-hydrogen) atoms. The van der Waals surface area contributed by atoms with E-state index in [2.05, 4.69) is 62.3 Å². The predicted molar refractivity (Wildman–Crippen MR) is 79.3 cm³/mol. The van der Waals surface area contributed by atoms with Crippen molar-refractivity contribution < 1.29 is 4.74 Å². The average molecular weight is 255 g/mol. The van der Waals surface area contributed by atoms with Crippen LogP contribution in [0.25, 0.3) is 0 Å². The van der Waals surface area contributed by atoms with Gasteiger partial charge in [0.25, 0.3) is 0 Å². The Hall–Kier alpha value is -1.80. The number of hydrogen-bond donors (Lipinski definition) is 0. The van der Waals surface area contributed by atoms with Crippen LogP contribution in [0, 0.1) is 6.92 Å². The standard InChI is InChI=1S/C17H21NO/c1-14-5-4-6-16(11-14)13-19-17-9-7-15(8-10-17)12-18(2)3/h4-11H,12-13H2,1-3H3. The fraction of sp³-hybridized carbons (Fsp3) is 0.294. The van der Waals surface area contributed by atoms with Crippen molar-refractivity contribution in [1.29, 1.82) is 0 Å². The van der Waals surface area contributed by atoms with Crippen LogP contribution >= 0.6 is 0 Å². The number of benzene rings is 2. The van der Waals surface area contributed by atoms with E-state index < -0.39 is 0 Å². The van der Waals surface area contributed by atoms with Gasteiger partial charge in [-0.25, -0.2) is 0 Å². The van der Waals surface area contributed by atoms with Crippen LogP contribution in [0.5, 0.6) is 5.75 Å². The van der Waals surface area contributed by atoms with Crippen molar-refractivity contribution in [1.82, 2.24) is 4.90 Å². The molecule has 0 unspecified atom stereocenters. The molecule has 0 spiro atoms. The van der Waals surface area contributed by atoms with E-state index >= 15 is 0 Å². The van der Waals surface area contributed by atoms with Crippen molar-refractivity contribution >= 4 is 0 Å². The van der Waals surface area contributed by atoms with Crippen LogP contribution in [0.3, 0.4) is 0 Å². The van der Waals surface area contributed by atoms with Gasteiger partial charge in [0.1, 0.15) is 12.4 Å². The molecule has 0 saturated heterocycles. The Balaban J connectivity index is 1.93. The Kier molecular flexibility index (Phi) is 4.58. The van der Waals surface area contributed by atoms with Gasteiger partial charge in [-0.15, -0.1) is 0 Å². The van der Waals surface area contributed by atoms with Crippen LogP contribution in [0.15, 0.2) is 48.5 Å². The Morgan fingerprint density at radius 3 is 2.32 bits per heavy atom. The van der Waals surface area contributed by atoms with Crippen LogP contribution in [0.1, 0.15) is 16.7 Å². The summed E-state index contributed by atoms with van der Waals surface area (Å²) in [5.41, 5.74) is 3.77. The number of rotatable bonds is 5. The van der Waals surface area contributed by atoms with E-state index in [0.717, 1.165) is 12.3 Å². The topological polar surface area (TPSA) is 12.5 Å². The molecule has 0 amide bonds. The summed E-state index contributed by atoms with van der Waals surface area (Å²) in [6.07, 6.45) is 0. The molecule has 0 heterocycles. The first-order valence-electron chi connectivity index (χ1n) is 6.55. The smallest absolute Gasteiger partial charge is 0.119 e. The molecule has 2 heteroatoms. The van der Waals surface area contributed by atoms with E-state index in [4.69, 9.17) is 4.74 Å². The molecule has 0 aromatic heterocycles. The maximum Gasteiger partial charge on any atom is 0.119 e. The SMILES string of the molecule is Cc1cccc(COc2ccc(CN(C)C)cc2)c1. The summed E-state index contributed by atoms with van der Waals surface area (Å²) in [5.74, 6) is 0.920. The second-order valence-corrected chi connectivity index (χ2v) is 5.16. The van der Waals surface area contributed by atoms with E-state index in [1.165, 1.54) is 16.7 Å². The molecule has 0 radical (unpaired) electrons. The highest BCUT2D eigenvalue weighted by Gasteiger charge is 1.98. The zero-order valence-corrected chi connectivity index (χ0v) is 11.9. The van der Waals surface area contributed by atoms with E-state index in [1.54, 1.807) is 0 Å². The van der Waals surface area contributed by atoms with Gasteiger partial charge in [-0.05, 0) is 44.3 Å². The molecular formula is C17H21NO. The molecule has 0 bridgehead atoms. The third kappa shape index (κ3) is 4.42. The summed E-state index contributed by atoms with van der Waals surface area (Å²) in [7, 11) is 4.14. The van der Waals surface area contributed by atoms with Gasteiger partial charge in [-0.2, -0.15) is 0 Å². The highest BCUT2D eigenvalue weighted by molar-refractivity contribution is 5.28. The second kappa shape index (κ2) is 6.39. The minimum atomic E-state index is 0.620. The van der Waals surface area contributed by atoms with Crippen LogP contribution in [0.4, 0.5) is 0 Å². The Morgan fingerprint density at radius 2 is 1.68 bits per heavy atom. The van der Waals surface area contributed by atoms with Crippen molar-refractivity contribution in [3.05, 3.63) is 65.2 Å². The first-order chi connectivity index (χ1) is 9.13. The second-order valence-electron chi connectivity index (χ2n) is 5.16. The lowest BCUT2D eigenvalue weighted by molar-refractivity contribution is 0.306. The van der Waals surface area contributed by atoms with Gasteiger partial charge in [0.05, 0.1) is 0 Å². The van der Waals surface area contributed by atoms with Gasteiger partial charge >= 0.3 is 0 Å². The largest absolute Gasteiger partial charge is 0.489 e. The molecule has 0 aliphatic rings. The lowest BCUT2D eigenvalue weighted by Crippen LogP contribution is -2.10. The van der Waals surface area contributed by atoms with Crippen LogP contribution in [-0.2, 0) is 13.2 Å². The number of nitrogens with zero attached hydrogens (tertiary/aromatic N) is 1. The first-order valence-corrected chi connectivity index (χ1v) is 6.55.